The quantitative estimate of drug-likeness (QED) is 0.777. The monoisotopic (exact) mass is 422 g/mol. The van der Waals surface area contributed by atoms with Crippen LogP contribution in [0, 0.1) is 12.7 Å². The molecular weight excluding hydrogens is 399 g/mol. The molecule has 0 aromatic heterocycles. The maximum atomic E-state index is 13.3. The van der Waals surface area contributed by atoms with E-state index < -0.39 is 17.8 Å². The predicted octanol–water partition coefficient (Wildman–Crippen LogP) is 2.96. The summed E-state index contributed by atoms with van der Waals surface area (Å²) in [7, 11) is 0. The van der Waals surface area contributed by atoms with E-state index >= 15 is 0 Å². The molecule has 4 rings (SSSR count). The van der Waals surface area contributed by atoms with Crippen molar-refractivity contribution in [3.63, 3.8) is 0 Å². The second-order valence-corrected chi connectivity index (χ2v) is 7.62. The van der Waals surface area contributed by atoms with Crippen molar-refractivity contribution in [2.45, 2.75) is 19.9 Å². The van der Waals surface area contributed by atoms with Crippen molar-refractivity contribution < 1.29 is 18.8 Å². The largest absolute Gasteiger partial charge is 0.326 e. The topological polar surface area (TPSA) is 81.8 Å². The van der Waals surface area contributed by atoms with Gasteiger partial charge in [-0.1, -0.05) is 29.8 Å². The number of hydrogen-bond donors (Lipinski definition) is 2. The first-order valence-corrected chi connectivity index (χ1v) is 10.1. The molecule has 2 heterocycles. The number of anilines is 1. The number of likely N-dealkylation sites (N-methyl/N-ethyl adjacent to an activating group) is 1. The Balaban J connectivity index is 1.57. The van der Waals surface area contributed by atoms with E-state index in [0.29, 0.717) is 23.5 Å². The van der Waals surface area contributed by atoms with Crippen LogP contribution in [-0.2, 0) is 9.59 Å². The molecule has 1 atom stereocenters. The fraction of sp³-hybridized carbons (Fsp3) is 0.261. The van der Waals surface area contributed by atoms with E-state index in [1.165, 1.54) is 34.1 Å². The lowest BCUT2D eigenvalue weighted by molar-refractivity contribution is -0.130. The predicted molar refractivity (Wildman–Crippen MR) is 113 cm³/mol. The van der Waals surface area contributed by atoms with Crippen molar-refractivity contribution in [2.24, 2.45) is 0 Å². The van der Waals surface area contributed by atoms with Gasteiger partial charge in [0.05, 0.1) is 23.9 Å². The molecule has 7 nitrogen and oxygen atoms in total. The Labute approximate surface area is 179 Å². The Morgan fingerprint density at radius 2 is 1.94 bits per heavy atom. The molecule has 2 N–H and O–H groups in total. The summed E-state index contributed by atoms with van der Waals surface area (Å²) in [5.41, 5.74) is 3.40. The van der Waals surface area contributed by atoms with Crippen molar-refractivity contribution in [1.82, 2.24) is 15.1 Å². The SMILES string of the molecule is CCN1C(=O)NC(c2cccc(C)c2)C2=C1CN(CC(=O)Nc1ccc(F)cc1)C2=O. The van der Waals surface area contributed by atoms with Gasteiger partial charge in [-0.25, -0.2) is 9.18 Å². The number of nitrogens with zero attached hydrogens (tertiary/aromatic N) is 2. The fourth-order valence-corrected chi connectivity index (χ4v) is 4.02. The van der Waals surface area contributed by atoms with Crippen LogP contribution in [0.3, 0.4) is 0 Å². The third-order valence-electron chi connectivity index (χ3n) is 5.45. The fourth-order valence-electron chi connectivity index (χ4n) is 4.02. The molecule has 0 saturated carbocycles. The summed E-state index contributed by atoms with van der Waals surface area (Å²) in [6.45, 7) is 4.20. The maximum Gasteiger partial charge on any atom is 0.322 e. The van der Waals surface area contributed by atoms with Crippen molar-refractivity contribution in [3.05, 3.63) is 76.7 Å². The highest BCUT2D eigenvalue weighted by Gasteiger charge is 2.43. The standard InChI is InChI=1S/C23H23FN4O3/c1-3-28-18-12-27(13-19(29)25-17-9-7-16(24)8-10-17)22(30)20(18)21(26-23(28)31)15-6-4-5-14(2)11-15/h4-11,21H,3,12-13H2,1-2H3,(H,25,29)(H,26,31). The molecule has 160 valence electrons. The Morgan fingerprint density at radius 1 is 1.19 bits per heavy atom. The average Bonchev–Trinajstić information content (AvgIpc) is 3.05. The first-order chi connectivity index (χ1) is 14.9. The van der Waals surface area contributed by atoms with Crippen LogP contribution in [0.4, 0.5) is 14.9 Å². The minimum absolute atomic E-state index is 0.171. The number of halogens is 1. The van der Waals surface area contributed by atoms with E-state index in [0.717, 1.165) is 11.1 Å². The Kier molecular flexibility index (Phi) is 5.46. The van der Waals surface area contributed by atoms with Crippen LogP contribution in [0.1, 0.15) is 24.1 Å². The zero-order chi connectivity index (χ0) is 22.1. The molecule has 31 heavy (non-hydrogen) atoms. The van der Waals surface area contributed by atoms with Gasteiger partial charge in [-0.3, -0.25) is 14.5 Å². The number of carbonyl (C=O) groups excluding carboxylic acids is 3. The number of benzene rings is 2. The summed E-state index contributed by atoms with van der Waals surface area (Å²) in [5, 5.41) is 5.60. The summed E-state index contributed by atoms with van der Waals surface area (Å²) in [4.78, 5) is 41.4. The van der Waals surface area contributed by atoms with E-state index in [-0.39, 0.29) is 25.0 Å². The van der Waals surface area contributed by atoms with E-state index in [1.807, 2.05) is 38.1 Å². The molecular formula is C23H23FN4O3. The minimum atomic E-state index is -0.567. The molecule has 0 radical (unpaired) electrons. The molecule has 2 aliphatic rings. The van der Waals surface area contributed by atoms with Gasteiger partial charge in [0.2, 0.25) is 5.91 Å². The summed E-state index contributed by atoms with van der Waals surface area (Å²) in [5.74, 6) is -1.08. The lowest BCUT2D eigenvalue weighted by atomic mass is 9.94. The first kappa shape index (κ1) is 20.6. The van der Waals surface area contributed by atoms with Gasteiger partial charge < -0.3 is 15.5 Å². The average molecular weight is 422 g/mol. The van der Waals surface area contributed by atoms with Gasteiger partial charge in [0.1, 0.15) is 12.4 Å². The van der Waals surface area contributed by atoms with E-state index in [9.17, 15) is 18.8 Å². The zero-order valence-corrected chi connectivity index (χ0v) is 17.3. The van der Waals surface area contributed by atoms with Gasteiger partial charge >= 0.3 is 6.03 Å². The maximum absolute atomic E-state index is 13.3. The zero-order valence-electron chi connectivity index (χ0n) is 17.3. The number of hydrogen-bond acceptors (Lipinski definition) is 3. The Bertz CT molecular complexity index is 1080. The molecule has 0 bridgehead atoms. The Morgan fingerprint density at radius 3 is 2.61 bits per heavy atom. The van der Waals surface area contributed by atoms with Gasteiger partial charge in [-0.2, -0.15) is 0 Å². The van der Waals surface area contributed by atoms with Crippen molar-refractivity contribution in [3.8, 4) is 0 Å². The summed E-state index contributed by atoms with van der Waals surface area (Å²) >= 11 is 0. The van der Waals surface area contributed by atoms with Crippen molar-refractivity contribution in [1.29, 1.82) is 0 Å². The van der Waals surface area contributed by atoms with Crippen molar-refractivity contribution in [2.75, 3.05) is 25.0 Å². The summed E-state index contributed by atoms with van der Waals surface area (Å²) in [6, 6.07) is 12.2. The highest BCUT2D eigenvalue weighted by atomic mass is 19.1. The molecule has 1 unspecified atom stereocenters. The van der Waals surface area contributed by atoms with Gasteiger partial charge in [-0.15, -0.1) is 0 Å². The number of nitrogens with one attached hydrogen (secondary N) is 2. The molecule has 0 spiro atoms. The molecule has 0 fully saturated rings. The van der Waals surface area contributed by atoms with Gasteiger partial charge in [-0.05, 0) is 43.7 Å². The third kappa shape index (κ3) is 4.01. The van der Waals surface area contributed by atoms with Crippen LogP contribution >= 0.6 is 0 Å². The lowest BCUT2D eigenvalue weighted by Gasteiger charge is -2.33. The summed E-state index contributed by atoms with van der Waals surface area (Å²) < 4.78 is 13.1. The van der Waals surface area contributed by atoms with Crippen LogP contribution in [0.15, 0.2) is 59.8 Å². The molecule has 2 aromatic carbocycles. The van der Waals surface area contributed by atoms with Gasteiger partial charge in [0.25, 0.3) is 5.91 Å². The summed E-state index contributed by atoms with van der Waals surface area (Å²) in [6.07, 6.45) is 0. The molecule has 0 aliphatic carbocycles. The number of rotatable bonds is 5. The second-order valence-electron chi connectivity index (χ2n) is 7.62. The first-order valence-electron chi connectivity index (χ1n) is 10.1. The van der Waals surface area contributed by atoms with E-state index in [2.05, 4.69) is 10.6 Å². The van der Waals surface area contributed by atoms with Crippen LogP contribution in [-0.4, -0.2) is 47.3 Å². The normalized spacial score (nSPS) is 18.2. The van der Waals surface area contributed by atoms with Crippen LogP contribution in [0.2, 0.25) is 0 Å². The number of urea groups is 1. The molecule has 0 saturated heterocycles. The molecule has 2 aliphatic heterocycles. The number of amides is 4. The highest BCUT2D eigenvalue weighted by molar-refractivity contribution is 6.04. The van der Waals surface area contributed by atoms with E-state index in [4.69, 9.17) is 0 Å². The van der Waals surface area contributed by atoms with Crippen LogP contribution < -0.4 is 10.6 Å². The van der Waals surface area contributed by atoms with Gasteiger partial charge in [0, 0.05) is 12.2 Å². The minimum Gasteiger partial charge on any atom is -0.326 e. The lowest BCUT2D eigenvalue weighted by Crippen LogP contribution is -2.47. The second kappa shape index (κ2) is 8.22. The van der Waals surface area contributed by atoms with Crippen molar-refractivity contribution >= 4 is 23.5 Å². The van der Waals surface area contributed by atoms with Crippen LogP contribution in [0.25, 0.3) is 0 Å². The highest BCUT2D eigenvalue weighted by Crippen LogP contribution is 2.36. The van der Waals surface area contributed by atoms with Gasteiger partial charge in [0.15, 0.2) is 0 Å². The molecule has 4 amide bonds. The molecule has 8 heteroatoms. The van der Waals surface area contributed by atoms with Crippen LogP contribution in [0.5, 0.6) is 0 Å². The number of carbonyl (C=O) groups is 3. The van der Waals surface area contributed by atoms with E-state index in [1.54, 1.807) is 0 Å². The Hall–Kier alpha value is -3.68. The smallest absolute Gasteiger partial charge is 0.322 e. The third-order valence-corrected chi connectivity index (χ3v) is 5.45. The molecule has 2 aromatic rings. The number of aryl methyl sites for hydroxylation is 1.